The maximum Gasteiger partial charge on any atom is 0.351 e. The summed E-state index contributed by atoms with van der Waals surface area (Å²) >= 11 is 0. The van der Waals surface area contributed by atoms with Crippen molar-refractivity contribution in [3.63, 3.8) is 0 Å². The SMILES string of the molecule is Cc1ccc(C2CCC(=O)CC2)c(OC2(C(=O)OC(C)(C)C)CC2)c1. The van der Waals surface area contributed by atoms with Crippen molar-refractivity contribution in [2.45, 2.75) is 83.3 Å². The van der Waals surface area contributed by atoms with Crippen LogP contribution >= 0.6 is 0 Å². The molecule has 0 saturated heterocycles. The molecule has 0 bridgehead atoms. The van der Waals surface area contributed by atoms with Crippen LogP contribution < -0.4 is 4.74 Å². The molecule has 0 aromatic heterocycles. The van der Waals surface area contributed by atoms with Crippen LogP contribution in [0.2, 0.25) is 0 Å². The molecule has 4 nitrogen and oxygen atoms in total. The van der Waals surface area contributed by atoms with Crippen molar-refractivity contribution in [1.82, 2.24) is 0 Å². The van der Waals surface area contributed by atoms with E-state index in [1.165, 1.54) is 0 Å². The number of carbonyl (C=O) groups is 2. The summed E-state index contributed by atoms with van der Waals surface area (Å²) < 4.78 is 11.8. The zero-order chi connectivity index (χ0) is 18.2. The summed E-state index contributed by atoms with van der Waals surface area (Å²) in [7, 11) is 0. The lowest BCUT2D eigenvalue weighted by molar-refractivity contribution is -0.165. The molecule has 25 heavy (non-hydrogen) atoms. The maximum absolute atomic E-state index is 12.6. The molecule has 1 aromatic rings. The minimum atomic E-state index is -0.833. The van der Waals surface area contributed by atoms with Gasteiger partial charge in [0, 0.05) is 25.7 Å². The predicted octanol–water partition coefficient (Wildman–Crippen LogP) is 4.47. The summed E-state index contributed by atoms with van der Waals surface area (Å²) in [6.45, 7) is 7.64. The smallest absolute Gasteiger partial charge is 0.351 e. The Morgan fingerprint density at radius 3 is 2.36 bits per heavy atom. The summed E-state index contributed by atoms with van der Waals surface area (Å²) in [5.41, 5.74) is 0.869. The van der Waals surface area contributed by atoms with Crippen LogP contribution in [0.25, 0.3) is 0 Å². The molecule has 0 heterocycles. The molecule has 0 atom stereocenters. The van der Waals surface area contributed by atoms with Crippen LogP contribution in [0.4, 0.5) is 0 Å². The highest BCUT2D eigenvalue weighted by molar-refractivity contribution is 5.84. The van der Waals surface area contributed by atoms with Crippen LogP contribution in [0, 0.1) is 6.92 Å². The highest BCUT2D eigenvalue weighted by atomic mass is 16.6. The van der Waals surface area contributed by atoms with E-state index in [0.29, 0.717) is 37.4 Å². The molecule has 136 valence electrons. The van der Waals surface area contributed by atoms with Crippen molar-refractivity contribution < 1.29 is 19.1 Å². The van der Waals surface area contributed by atoms with E-state index >= 15 is 0 Å². The lowest BCUT2D eigenvalue weighted by atomic mass is 9.83. The largest absolute Gasteiger partial charge is 0.475 e. The summed E-state index contributed by atoms with van der Waals surface area (Å²) in [5.74, 6) is 1.18. The Labute approximate surface area is 149 Å². The summed E-state index contributed by atoms with van der Waals surface area (Å²) in [6.07, 6.45) is 4.37. The fourth-order valence-electron chi connectivity index (χ4n) is 3.36. The highest BCUT2D eigenvalue weighted by Crippen LogP contribution is 2.45. The van der Waals surface area contributed by atoms with Crippen LogP contribution in [0.15, 0.2) is 18.2 Å². The number of aryl methyl sites for hydroxylation is 1. The van der Waals surface area contributed by atoms with Gasteiger partial charge < -0.3 is 9.47 Å². The van der Waals surface area contributed by atoms with Gasteiger partial charge in [-0.05, 0) is 63.6 Å². The van der Waals surface area contributed by atoms with Crippen LogP contribution in [0.3, 0.4) is 0 Å². The Bertz CT molecular complexity index is 670. The number of rotatable bonds is 4. The van der Waals surface area contributed by atoms with Gasteiger partial charge in [0.1, 0.15) is 17.1 Å². The number of Topliss-reactive ketones (excluding diaryl/α,β-unsaturated/α-hetero) is 1. The molecule has 2 aliphatic carbocycles. The fourth-order valence-corrected chi connectivity index (χ4v) is 3.36. The molecule has 0 radical (unpaired) electrons. The van der Waals surface area contributed by atoms with Crippen molar-refractivity contribution in [3.05, 3.63) is 29.3 Å². The monoisotopic (exact) mass is 344 g/mol. The molecule has 0 aliphatic heterocycles. The van der Waals surface area contributed by atoms with Crippen LogP contribution in [0.5, 0.6) is 5.75 Å². The third-order valence-electron chi connectivity index (χ3n) is 4.93. The third-order valence-corrected chi connectivity index (χ3v) is 4.93. The normalized spacial score (nSPS) is 20.2. The van der Waals surface area contributed by atoms with Crippen molar-refractivity contribution in [2.24, 2.45) is 0 Å². The van der Waals surface area contributed by atoms with E-state index in [1.807, 2.05) is 33.8 Å². The van der Waals surface area contributed by atoms with Gasteiger partial charge in [0.25, 0.3) is 0 Å². The van der Waals surface area contributed by atoms with E-state index in [2.05, 4.69) is 12.1 Å². The van der Waals surface area contributed by atoms with Gasteiger partial charge in [-0.1, -0.05) is 12.1 Å². The number of hydrogen-bond donors (Lipinski definition) is 0. The molecule has 0 amide bonds. The van der Waals surface area contributed by atoms with Gasteiger partial charge >= 0.3 is 5.97 Å². The van der Waals surface area contributed by atoms with Crippen molar-refractivity contribution in [1.29, 1.82) is 0 Å². The van der Waals surface area contributed by atoms with Crippen molar-refractivity contribution >= 4 is 11.8 Å². The molecule has 1 aromatic carbocycles. The predicted molar refractivity (Wildman–Crippen MR) is 95.8 cm³/mol. The fraction of sp³-hybridized carbons (Fsp3) is 0.619. The average molecular weight is 344 g/mol. The van der Waals surface area contributed by atoms with E-state index in [9.17, 15) is 9.59 Å². The maximum atomic E-state index is 12.6. The van der Waals surface area contributed by atoms with Crippen molar-refractivity contribution in [2.75, 3.05) is 0 Å². The lowest BCUT2D eigenvalue weighted by Crippen LogP contribution is -2.37. The molecule has 2 saturated carbocycles. The minimum Gasteiger partial charge on any atom is -0.475 e. The molecule has 0 unspecified atom stereocenters. The number of ketones is 1. The van der Waals surface area contributed by atoms with E-state index < -0.39 is 11.2 Å². The second kappa shape index (κ2) is 6.47. The zero-order valence-corrected chi connectivity index (χ0v) is 15.7. The second-order valence-electron chi connectivity index (χ2n) is 8.45. The van der Waals surface area contributed by atoms with Gasteiger partial charge in [-0.25, -0.2) is 4.79 Å². The van der Waals surface area contributed by atoms with E-state index in [0.717, 1.165) is 29.7 Å². The topological polar surface area (TPSA) is 52.6 Å². The zero-order valence-electron chi connectivity index (χ0n) is 15.7. The number of esters is 1. The molecule has 2 aliphatic rings. The first-order valence-electron chi connectivity index (χ1n) is 9.23. The van der Waals surface area contributed by atoms with Crippen LogP contribution in [-0.4, -0.2) is 23.0 Å². The Balaban J connectivity index is 1.81. The van der Waals surface area contributed by atoms with Crippen LogP contribution in [0.1, 0.15) is 76.3 Å². The summed E-state index contributed by atoms with van der Waals surface area (Å²) in [6, 6.07) is 6.18. The molecule has 2 fully saturated rings. The first-order valence-corrected chi connectivity index (χ1v) is 9.23. The third kappa shape index (κ3) is 4.23. The first kappa shape index (κ1) is 18.0. The number of hydrogen-bond acceptors (Lipinski definition) is 4. The number of benzene rings is 1. The average Bonchev–Trinajstić information content (AvgIpc) is 3.28. The lowest BCUT2D eigenvalue weighted by Gasteiger charge is -2.28. The van der Waals surface area contributed by atoms with Crippen molar-refractivity contribution in [3.8, 4) is 5.75 Å². The first-order chi connectivity index (χ1) is 11.7. The molecular formula is C21H28O4. The Hall–Kier alpha value is -1.84. The second-order valence-corrected chi connectivity index (χ2v) is 8.45. The Morgan fingerprint density at radius 1 is 1.16 bits per heavy atom. The molecule has 3 rings (SSSR count). The van der Waals surface area contributed by atoms with E-state index in [-0.39, 0.29) is 5.97 Å². The van der Waals surface area contributed by atoms with Crippen LogP contribution in [-0.2, 0) is 14.3 Å². The Morgan fingerprint density at radius 2 is 1.80 bits per heavy atom. The number of carbonyl (C=O) groups excluding carboxylic acids is 2. The van der Waals surface area contributed by atoms with Gasteiger partial charge in [-0.15, -0.1) is 0 Å². The van der Waals surface area contributed by atoms with Gasteiger partial charge in [-0.2, -0.15) is 0 Å². The van der Waals surface area contributed by atoms with Gasteiger partial charge in [0.05, 0.1) is 0 Å². The summed E-state index contributed by atoms with van der Waals surface area (Å²) in [5, 5.41) is 0. The minimum absolute atomic E-state index is 0.272. The highest BCUT2D eigenvalue weighted by Gasteiger charge is 2.55. The number of ether oxygens (including phenoxy) is 2. The van der Waals surface area contributed by atoms with E-state index in [4.69, 9.17) is 9.47 Å². The van der Waals surface area contributed by atoms with Gasteiger partial charge in [-0.3, -0.25) is 4.79 Å². The van der Waals surface area contributed by atoms with Gasteiger partial charge in [0.15, 0.2) is 0 Å². The molecular weight excluding hydrogens is 316 g/mol. The molecule has 0 N–H and O–H groups in total. The Kier molecular flexibility index (Phi) is 4.65. The van der Waals surface area contributed by atoms with Gasteiger partial charge in [0.2, 0.25) is 5.60 Å². The standard InChI is InChI=1S/C21H28O4/c1-14-5-10-17(15-6-8-16(22)9-7-15)18(13-14)24-21(11-12-21)19(23)25-20(2,3)4/h5,10,13,15H,6-9,11-12H2,1-4H3. The molecule has 0 spiro atoms. The van der Waals surface area contributed by atoms with E-state index in [1.54, 1.807) is 0 Å². The summed E-state index contributed by atoms with van der Waals surface area (Å²) in [4.78, 5) is 24.1. The quantitative estimate of drug-likeness (QED) is 0.756. The molecule has 4 heteroatoms.